The first-order valence-corrected chi connectivity index (χ1v) is 7.37. The summed E-state index contributed by atoms with van der Waals surface area (Å²) in [6.45, 7) is 3.88. The van der Waals surface area contributed by atoms with E-state index < -0.39 is 17.7 Å². The van der Waals surface area contributed by atoms with Crippen LogP contribution in [0.4, 0.5) is 0 Å². The number of hydrogen-bond donors (Lipinski definition) is 3. The number of aliphatic hydroxyl groups is 2. The zero-order chi connectivity index (χ0) is 15.2. The number of carboxylic acids is 1. The molecule has 114 valence electrons. The summed E-state index contributed by atoms with van der Waals surface area (Å²) in [4.78, 5) is 10.8. The Balaban J connectivity index is 2.61. The van der Waals surface area contributed by atoms with Crippen LogP contribution in [0.25, 0.3) is 0 Å². The molecule has 3 atom stereocenters. The predicted molar refractivity (Wildman–Crippen MR) is 78.4 cm³/mol. The summed E-state index contributed by atoms with van der Waals surface area (Å²) in [5.41, 5.74) is -0.0622. The second kappa shape index (κ2) is 7.60. The Morgan fingerprint density at radius 2 is 2.20 bits per heavy atom. The molecular formula is C16H26O4. The molecule has 0 radical (unpaired) electrons. The molecule has 3 N–H and O–H groups in total. The molecule has 0 heterocycles. The Morgan fingerprint density at radius 1 is 1.50 bits per heavy atom. The predicted octanol–water partition coefficient (Wildman–Crippen LogP) is 2.66. The van der Waals surface area contributed by atoms with Gasteiger partial charge in [-0.1, -0.05) is 44.4 Å². The van der Waals surface area contributed by atoms with Crippen molar-refractivity contribution in [1.82, 2.24) is 0 Å². The van der Waals surface area contributed by atoms with E-state index in [2.05, 4.69) is 6.92 Å². The van der Waals surface area contributed by atoms with Crippen LogP contribution in [0.5, 0.6) is 0 Å². The third kappa shape index (κ3) is 5.47. The van der Waals surface area contributed by atoms with Crippen molar-refractivity contribution < 1.29 is 20.1 Å². The number of aliphatic hydroxyl groups excluding tert-OH is 1. The Hall–Kier alpha value is -1.13. The molecule has 0 amide bonds. The molecule has 0 saturated carbocycles. The maximum Gasteiger partial charge on any atom is 0.304 e. The number of aliphatic carboxylic acids is 1. The molecule has 0 fully saturated rings. The lowest BCUT2D eigenvalue weighted by molar-refractivity contribution is -0.138. The molecule has 0 saturated heterocycles. The van der Waals surface area contributed by atoms with Gasteiger partial charge < -0.3 is 15.3 Å². The summed E-state index contributed by atoms with van der Waals surface area (Å²) < 4.78 is 0. The van der Waals surface area contributed by atoms with Gasteiger partial charge in [-0.2, -0.15) is 0 Å². The van der Waals surface area contributed by atoms with Gasteiger partial charge in [-0.15, -0.1) is 0 Å². The van der Waals surface area contributed by atoms with Crippen LogP contribution in [0.1, 0.15) is 52.4 Å². The lowest BCUT2D eigenvalue weighted by atomic mass is 9.92. The van der Waals surface area contributed by atoms with E-state index in [1.807, 2.05) is 6.08 Å². The van der Waals surface area contributed by atoms with Crippen LogP contribution in [0.15, 0.2) is 23.8 Å². The first-order valence-electron chi connectivity index (χ1n) is 7.37. The zero-order valence-electron chi connectivity index (χ0n) is 12.4. The van der Waals surface area contributed by atoms with E-state index >= 15 is 0 Å². The molecule has 0 aromatic carbocycles. The van der Waals surface area contributed by atoms with Gasteiger partial charge in [0, 0.05) is 5.92 Å². The summed E-state index contributed by atoms with van der Waals surface area (Å²) in [5, 5.41) is 28.9. The topological polar surface area (TPSA) is 77.8 Å². The minimum atomic E-state index is -0.912. The van der Waals surface area contributed by atoms with Gasteiger partial charge in [-0.05, 0) is 25.3 Å². The van der Waals surface area contributed by atoms with E-state index in [1.165, 1.54) is 0 Å². The molecule has 20 heavy (non-hydrogen) atoms. The summed E-state index contributed by atoms with van der Waals surface area (Å²) in [5.74, 6) is -1.28. The summed E-state index contributed by atoms with van der Waals surface area (Å²) in [6.07, 6.45) is 8.99. The fourth-order valence-corrected chi connectivity index (χ4v) is 2.52. The van der Waals surface area contributed by atoms with Gasteiger partial charge >= 0.3 is 5.97 Å². The van der Waals surface area contributed by atoms with Gasteiger partial charge in [-0.3, -0.25) is 4.79 Å². The highest BCUT2D eigenvalue weighted by molar-refractivity contribution is 5.68. The van der Waals surface area contributed by atoms with Crippen LogP contribution in [0, 0.1) is 5.92 Å². The van der Waals surface area contributed by atoms with Crippen molar-refractivity contribution in [2.24, 2.45) is 5.92 Å². The van der Waals surface area contributed by atoms with Crippen molar-refractivity contribution in [3.05, 3.63) is 23.8 Å². The number of carbonyl (C=O) groups is 1. The van der Waals surface area contributed by atoms with E-state index in [0.29, 0.717) is 12.8 Å². The van der Waals surface area contributed by atoms with Crippen LogP contribution in [0.2, 0.25) is 0 Å². The quantitative estimate of drug-likeness (QED) is 0.598. The fraction of sp³-hybridized carbons (Fsp3) is 0.688. The van der Waals surface area contributed by atoms with Gasteiger partial charge in [-0.25, -0.2) is 0 Å². The number of rotatable bonds is 8. The van der Waals surface area contributed by atoms with Crippen LogP contribution in [-0.4, -0.2) is 33.0 Å². The normalized spacial score (nSPS) is 25.7. The standard InChI is InChI=1S/C16H26O4/c1-3-4-5-9-16(2,20)10-8-12-6-7-14(17)13(12)11-15(18)19/h6,8,10,13-14,17,20H,3-5,7,9,11H2,1-2H3,(H,18,19)/t13?,14?,16-/m1/s1. The average Bonchev–Trinajstić information content (AvgIpc) is 2.68. The average molecular weight is 282 g/mol. The molecule has 0 aromatic rings. The molecule has 2 unspecified atom stereocenters. The second-order valence-electron chi connectivity index (χ2n) is 5.86. The lowest BCUT2D eigenvalue weighted by Gasteiger charge is -2.20. The van der Waals surface area contributed by atoms with Crippen molar-refractivity contribution >= 4 is 5.97 Å². The fourth-order valence-electron chi connectivity index (χ4n) is 2.52. The number of allylic oxidation sites excluding steroid dienone is 1. The Labute approximate surface area is 120 Å². The molecule has 0 aliphatic heterocycles. The first kappa shape index (κ1) is 16.9. The van der Waals surface area contributed by atoms with Gasteiger partial charge in [0.2, 0.25) is 0 Å². The SMILES string of the molecule is CCCCC[C@@](C)(O)C=CC1=CCC(O)C1CC(=O)O. The molecule has 4 heteroatoms. The number of carboxylic acid groups (broad SMARTS) is 1. The third-order valence-electron chi connectivity index (χ3n) is 3.80. The first-order chi connectivity index (χ1) is 9.35. The molecule has 1 rings (SSSR count). The molecule has 0 bridgehead atoms. The highest BCUT2D eigenvalue weighted by Crippen LogP contribution is 2.31. The second-order valence-corrected chi connectivity index (χ2v) is 5.86. The number of hydrogen-bond acceptors (Lipinski definition) is 3. The summed E-state index contributed by atoms with van der Waals surface area (Å²) in [7, 11) is 0. The zero-order valence-corrected chi connectivity index (χ0v) is 12.4. The highest BCUT2D eigenvalue weighted by atomic mass is 16.4. The third-order valence-corrected chi connectivity index (χ3v) is 3.80. The summed E-state index contributed by atoms with van der Waals surface area (Å²) >= 11 is 0. The Morgan fingerprint density at radius 3 is 2.80 bits per heavy atom. The smallest absolute Gasteiger partial charge is 0.304 e. The summed E-state index contributed by atoms with van der Waals surface area (Å²) in [6, 6.07) is 0. The molecule has 1 aliphatic carbocycles. The van der Waals surface area contributed by atoms with E-state index in [-0.39, 0.29) is 12.3 Å². The molecule has 0 spiro atoms. The number of unbranched alkanes of at least 4 members (excludes halogenated alkanes) is 2. The van der Waals surface area contributed by atoms with Gasteiger partial charge in [0.25, 0.3) is 0 Å². The highest BCUT2D eigenvalue weighted by Gasteiger charge is 2.29. The Bertz CT molecular complexity index is 382. The van der Waals surface area contributed by atoms with Crippen molar-refractivity contribution in [2.75, 3.05) is 0 Å². The lowest BCUT2D eigenvalue weighted by Crippen LogP contribution is -2.22. The van der Waals surface area contributed by atoms with Crippen LogP contribution < -0.4 is 0 Å². The van der Waals surface area contributed by atoms with Crippen molar-refractivity contribution in [2.45, 2.75) is 64.1 Å². The molecular weight excluding hydrogens is 256 g/mol. The van der Waals surface area contributed by atoms with Crippen molar-refractivity contribution in [3.63, 3.8) is 0 Å². The molecule has 1 aliphatic rings. The monoisotopic (exact) mass is 282 g/mol. The largest absolute Gasteiger partial charge is 0.481 e. The van der Waals surface area contributed by atoms with Gasteiger partial charge in [0.1, 0.15) is 0 Å². The van der Waals surface area contributed by atoms with Crippen molar-refractivity contribution in [3.8, 4) is 0 Å². The van der Waals surface area contributed by atoms with Gasteiger partial charge in [0.05, 0.1) is 18.1 Å². The maximum absolute atomic E-state index is 10.8. The Kier molecular flexibility index (Phi) is 6.43. The van der Waals surface area contributed by atoms with E-state index in [1.54, 1.807) is 19.1 Å². The van der Waals surface area contributed by atoms with Crippen LogP contribution in [-0.2, 0) is 4.79 Å². The van der Waals surface area contributed by atoms with Crippen LogP contribution >= 0.6 is 0 Å². The minimum absolute atomic E-state index is 0.0741. The molecule has 0 aromatic heterocycles. The minimum Gasteiger partial charge on any atom is -0.481 e. The molecule has 4 nitrogen and oxygen atoms in total. The maximum atomic E-state index is 10.8. The van der Waals surface area contributed by atoms with Gasteiger partial charge in [0.15, 0.2) is 0 Å². The van der Waals surface area contributed by atoms with Crippen LogP contribution in [0.3, 0.4) is 0 Å². The van der Waals surface area contributed by atoms with E-state index in [9.17, 15) is 15.0 Å². The van der Waals surface area contributed by atoms with E-state index in [4.69, 9.17) is 5.11 Å². The van der Waals surface area contributed by atoms with Crippen molar-refractivity contribution in [1.29, 1.82) is 0 Å². The van der Waals surface area contributed by atoms with E-state index in [0.717, 1.165) is 24.8 Å².